The number of rotatable bonds is 8. The average Bonchev–Trinajstić information content (AvgIpc) is 3.43. The van der Waals surface area contributed by atoms with Crippen LogP contribution in [0.4, 0.5) is 5.13 Å². The summed E-state index contributed by atoms with van der Waals surface area (Å²) in [5.41, 5.74) is 3.23. The Hall–Kier alpha value is -3.15. The molecule has 0 atom stereocenters. The Balaban J connectivity index is 1.33. The molecule has 2 heterocycles. The van der Waals surface area contributed by atoms with E-state index in [-0.39, 0.29) is 21.9 Å². The second-order valence-electron chi connectivity index (χ2n) is 7.75. The maximum absolute atomic E-state index is 12.6. The second kappa shape index (κ2) is 9.77. The first-order chi connectivity index (χ1) is 15.8. The van der Waals surface area contributed by atoms with Crippen molar-refractivity contribution in [2.75, 3.05) is 11.9 Å². The minimum absolute atomic E-state index is 0.0793. The van der Waals surface area contributed by atoms with E-state index in [1.807, 2.05) is 48.2 Å². The average molecular weight is 486 g/mol. The van der Waals surface area contributed by atoms with Crippen molar-refractivity contribution in [3.05, 3.63) is 70.8 Å². The zero-order chi connectivity index (χ0) is 23.4. The molecule has 33 heavy (non-hydrogen) atoms. The molecule has 2 aromatic carbocycles. The highest BCUT2D eigenvalue weighted by atomic mass is 32.2. The largest absolute Gasteiger partial charge is 0.338 e. The number of carbonyl (C=O) groups is 2. The molecule has 0 aliphatic carbocycles. The van der Waals surface area contributed by atoms with Crippen LogP contribution in [0.25, 0.3) is 0 Å². The molecule has 1 aromatic heterocycles. The Kier molecular flexibility index (Phi) is 6.82. The van der Waals surface area contributed by atoms with E-state index < -0.39 is 15.9 Å². The third-order valence-electron chi connectivity index (χ3n) is 5.20. The van der Waals surface area contributed by atoms with Crippen molar-refractivity contribution in [2.45, 2.75) is 37.2 Å². The minimum Gasteiger partial charge on any atom is -0.338 e. The van der Waals surface area contributed by atoms with Gasteiger partial charge in [0, 0.05) is 31.6 Å². The fourth-order valence-corrected chi connectivity index (χ4v) is 5.29. The summed E-state index contributed by atoms with van der Waals surface area (Å²) < 4.78 is 27.4. The fourth-order valence-electron chi connectivity index (χ4n) is 3.34. The molecule has 2 amide bonds. The molecule has 2 N–H and O–H groups in total. The molecule has 1 aliphatic rings. The van der Waals surface area contributed by atoms with Crippen molar-refractivity contribution in [3.8, 4) is 0 Å². The predicted molar refractivity (Wildman–Crippen MR) is 124 cm³/mol. The molecule has 1 aliphatic heterocycles. The zero-order valence-electron chi connectivity index (χ0n) is 17.9. The Bertz CT molecular complexity index is 1250. The number of hydrogen-bond donors (Lipinski definition) is 2. The number of nitrogens with zero attached hydrogens (tertiary/aromatic N) is 3. The number of benzene rings is 2. The monoisotopic (exact) mass is 485 g/mol. The summed E-state index contributed by atoms with van der Waals surface area (Å²) in [6.45, 7) is 3.33. The smallest absolute Gasteiger partial charge is 0.270 e. The van der Waals surface area contributed by atoms with Crippen molar-refractivity contribution < 1.29 is 18.0 Å². The molecule has 0 saturated carbocycles. The Morgan fingerprint density at radius 3 is 2.42 bits per heavy atom. The molecule has 172 valence electrons. The van der Waals surface area contributed by atoms with E-state index in [1.54, 1.807) is 12.1 Å². The van der Waals surface area contributed by atoms with Gasteiger partial charge >= 0.3 is 0 Å². The van der Waals surface area contributed by atoms with Gasteiger partial charge in [-0.15, -0.1) is 10.2 Å². The van der Waals surface area contributed by atoms with Crippen LogP contribution in [0.5, 0.6) is 0 Å². The summed E-state index contributed by atoms with van der Waals surface area (Å²) >= 11 is 0.779. The number of anilines is 1. The molecule has 11 heteroatoms. The van der Waals surface area contributed by atoms with E-state index in [0.29, 0.717) is 18.5 Å². The summed E-state index contributed by atoms with van der Waals surface area (Å²) in [6, 6.07) is 14.4. The summed E-state index contributed by atoms with van der Waals surface area (Å²) in [5, 5.41) is 10.1. The van der Waals surface area contributed by atoms with Gasteiger partial charge in [-0.1, -0.05) is 53.3 Å². The molecular formula is C22H23N5O4S2. The van der Waals surface area contributed by atoms with Gasteiger partial charge < -0.3 is 4.90 Å². The Morgan fingerprint density at radius 2 is 1.76 bits per heavy atom. The highest BCUT2D eigenvalue weighted by Crippen LogP contribution is 2.21. The molecule has 9 nitrogen and oxygen atoms in total. The van der Waals surface area contributed by atoms with Gasteiger partial charge in [0.1, 0.15) is 0 Å². The zero-order valence-corrected chi connectivity index (χ0v) is 19.6. The van der Waals surface area contributed by atoms with Crippen LogP contribution in [0.15, 0.2) is 52.9 Å². The van der Waals surface area contributed by atoms with Crippen LogP contribution in [-0.2, 0) is 27.9 Å². The molecule has 0 radical (unpaired) electrons. The normalized spacial score (nSPS) is 14.0. The molecule has 0 bridgehead atoms. The number of carbonyl (C=O) groups excluding carboxylic acids is 2. The number of nitrogens with one attached hydrogen (secondary N) is 2. The Labute approximate surface area is 195 Å². The van der Waals surface area contributed by atoms with Gasteiger partial charge in [0.2, 0.25) is 15.4 Å². The summed E-state index contributed by atoms with van der Waals surface area (Å²) in [6.07, 6.45) is 1.49. The van der Waals surface area contributed by atoms with E-state index in [9.17, 15) is 18.0 Å². The van der Waals surface area contributed by atoms with E-state index in [2.05, 4.69) is 20.2 Å². The maximum Gasteiger partial charge on any atom is 0.270 e. The summed E-state index contributed by atoms with van der Waals surface area (Å²) in [7, 11) is -3.89. The van der Waals surface area contributed by atoms with Crippen LogP contribution in [-0.4, -0.2) is 41.9 Å². The van der Waals surface area contributed by atoms with Crippen LogP contribution >= 0.6 is 11.3 Å². The lowest BCUT2D eigenvalue weighted by Gasteiger charge is -2.15. The van der Waals surface area contributed by atoms with Crippen LogP contribution in [0, 0.1) is 6.92 Å². The second-order valence-corrected chi connectivity index (χ2v) is 10.7. The highest BCUT2D eigenvalue weighted by molar-refractivity contribution is 7.91. The van der Waals surface area contributed by atoms with Crippen molar-refractivity contribution in [2.24, 2.45) is 0 Å². The van der Waals surface area contributed by atoms with Crippen molar-refractivity contribution >= 4 is 38.3 Å². The van der Waals surface area contributed by atoms with E-state index in [1.165, 1.54) is 0 Å². The van der Waals surface area contributed by atoms with Gasteiger partial charge in [0.15, 0.2) is 0 Å². The number of aromatic nitrogens is 2. The predicted octanol–water partition coefficient (Wildman–Crippen LogP) is 2.70. The van der Waals surface area contributed by atoms with Gasteiger partial charge in [0.05, 0.1) is 0 Å². The Morgan fingerprint density at radius 1 is 1.06 bits per heavy atom. The first kappa shape index (κ1) is 23.0. The number of aryl methyl sites for hydroxylation is 1. The van der Waals surface area contributed by atoms with Gasteiger partial charge in [-0.3, -0.25) is 14.9 Å². The number of amides is 2. The third-order valence-corrected chi connectivity index (χ3v) is 7.81. The topological polar surface area (TPSA) is 121 Å². The lowest BCUT2D eigenvalue weighted by Crippen LogP contribution is -2.24. The number of sulfonamides is 1. The van der Waals surface area contributed by atoms with E-state index >= 15 is 0 Å². The summed E-state index contributed by atoms with van der Waals surface area (Å²) in [4.78, 5) is 25.9. The molecule has 1 saturated heterocycles. The van der Waals surface area contributed by atoms with Crippen LogP contribution in [0.2, 0.25) is 0 Å². The fraction of sp³-hybridized carbons (Fsp3) is 0.273. The van der Waals surface area contributed by atoms with E-state index in [0.717, 1.165) is 41.0 Å². The summed E-state index contributed by atoms with van der Waals surface area (Å²) in [5.74, 6) is -0.225. The van der Waals surface area contributed by atoms with Gasteiger partial charge in [0.25, 0.3) is 15.9 Å². The van der Waals surface area contributed by atoms with Gasteiger partial charge in [-0.25, -0.2) is 13.1 Å². The van der Waals surface area contributed by atoms with Crippen molar-refractivity contribution in [1.82, 2.24) is 19.8 Å². The number of hydrogen-bond acceptors (Lipinski definition) is 7. The lowest BCUT2D eigenvalue weighted by atomic mass is 10.1. The standard InChI is InChI=1S/C22H23N5O4S2/c1-15-4-10-18(11-5-15)20(29)24-21-25-26-22(32-21)33(30,31)23-13-16-6-8-17(9-7-16)14-27-12-2-3-19(27)28/h4-11,23H,2-3,12-14H2,1H3,(H,24,25,29). The molecule has 1 fully saturated rings. The van der Waals surface area contributed by atoms with Crippen LogP contribution in [0.3, 0.4) is 0 Å². The lowest BCUT2D eigenvalue weighted by molar-refractivity contribution is -0.128. The van der Waals surface area contributed by atoms with E-state index in [4.69, 9.17) is 0 Å². The minimum atomic E-state index is -3.89. The van der Waals surface area contributed by atoms with Crippen molar-refractivity contribution in [3.63, 3.8) is 0 Å². The molecule has 0 unspecified atom stereocenters. The molecular weight excluding hydrogens is 462 g/mol. The maximum atomic E-state index is 12.6. The first-order valence-electron chi connectivity index (χ1n) is 10.4. The number of likely N-dealkylation sites (tertiary alicyclic amines) is 1. The first-order valence-corrected chi connectivity index (χ1v) is 12.7. The quantitative estimate of drug-likeness (QED) is 0.473. The van der Waals surface area contributed by atoms with Crippen LogP contribution in [0.1, 0.15) is 39.9 Å². The van der Waals surface area contributed by atoms with Gasteiger partial charge in [-0.2, -0.15) is 0 Å². The molecule has 0 spiro atoms. The van der Waals surface area contributed by atoms with Gasteiger partial charge in [-0.05, 0) is 36.6 Å². The third kappa shape index (κ3) is 5.81. The SMILES string of the molecule is Cc1ccc(C(=O)Nc2nnc(S(=O)(=O)NCc3ccc(CN4CCCC4=O)cc3)s2)cc1. The molecule has 3 aromatic rings. The highest BCUT2D eigenvalue weighted by Gasteiger charge is 2.22. The molecule has 4 rings (SSSR count). The van der Waals surface area contributed by atoms with Crippen molar-refractivity contribution in [1.29, 1.82) is 0 Å². The van der Waals surface area contributed by atoms with Crippen LogP contribution < -0.4 is 10.0 Å².